The highest BCUT2D eigenvalue weighted by atomic mass is 16.5. The third-order valence-corrected chi connectivity index (χ3v) is 5.92. The molecule has 0 aromatic heterocycles. The highest BCUT2D eigenvalue weighted by Crippen LogP contribution is 2.63. The number of para-hydroxylation sites is 2. The molecule has 116 valence electrons. The Kier molecular flexibility index (Phi) is 3.67. The molecule has 3 rings (SSSR count). The Hall–Kier alpha value is -1.18. The minimum atomic E-state index is 0.366. The number of rotatable bonds is 5. The molecule has 2 aliphatic rings. The van der Waals surface area contributed by atoms with E-state index in [4.69, 9.17) is 4.74 Å². The van der Waals surface area contributed by atoms with Gasteiger partial charge in [0.1, 0.15) is 5.75 Å². The summed E-state index contributed by atoms with van der Waals surface area (Å²) in [5.41, 5.74) is 1.97. The molecule has 0 radical (unpaired) electrons. The van der Waals surface area contributed by atoms with Crippen LogP contribution >= 0.6 is 0 Å². The zero-order valence-corrected chi connectivity index (χ0v) is 13.9. The Bertz CT molecular complexity index is 505. The summed E-state index contributed by atoms with van der Waals surface area (Å²) in [6.07, 6.45) is 5.17. The van der Waals surface area contributed by atoms with Crippen molar-refractivity contribution in [1.82, 2.24) is 0 Å². The standard InChI is InChI=1S/C19H29NO/c1-5-12-21-16-9-7-6-8-15(16)20-17-18(2,3)14-10-11-19(17,4)13-14/h6-9,14,17,20H,5,10-13H2,1-4H3/t14-,17?,19+/m0/s1. The SMILES string of the molecule is CCCOc1ccccc1NC1C(C)(C)[C@H]2CC[C@]1(C)C2. The fourth-order valence-electron chi connectivity index (χ4n) is 4.74. The fourth-order valence-corrected chi connectivity index (χ4v) is 4.74. The largest absolute Gasteiger partial charge is 0.491 e. The van der Waals surface area contributed by atoms with Crippen LogP contribution in [-0.4, -0.2) is 12.6 Å². The van der Waals surface area contributed by atoms with Crippen LogP contribution in [0.4, 0.5) is 5.69 Å². The molecule has 1 aromatic carbocycles. The molecule has 3 atom stereocenters. The summed E-state index contributed by atoms with van der Waals surface area (Å²) in [7, 11) is 0. The molecule has 0 aliphatic heterocycles. The first-order chi connectivity index (χ1) is 9.97. The van der Waals surface area contributed by atoms with E-state index in [9.17, 15) is 0 Å². The van der Waals surface area contributed by atoms with Crippen LogP contribution in [0, 0.1) is 16.7 Å². The summed E-state index contributed by atoms with van der Waals surface area (Å²) in [6, 6.07) is 8.94. The molecule has 0 spiro atoms. The van der Waals surface area contributed by atoms with Gasteiger partial charge in [-0.3, -0.25) is 0 Å². The first-order valence-electron chi connectivity index (χ1n) is 8.46. The number of anilines is 1. The minimum absolute atomic E-state index is 0.366. The highest BCUT2D eigenvalue weighted by molar-refractivity contribution is 5.57. The Labute approximate surface area is 129 Å². The zero-order valence-electron chi connectivity index (χ0n) is 13.9. The van der Waals surface area contributed by atoms with E-state index < -0.39 is 0 Å². The van der Waals surface area contributed by atoms with E-state index in [-0.39, 0.29) is 0 Å². The van der Waals surface area contributed by atoms with Crippen LogP contribution in [0.15, 0.2) is 24.3 Å². The van der Waals surface area contributed by atoms with Crippen molar-refractivity contribution in [2.24, 2.45) is 16.7 Å². The van der Waals surface area contributed by atoms with Gasteiger partial charge in [0.05, 0.1) is 12.3 Å². The normalized spacial score (nSPS) is 33.1. The molecule has 1 unspecified atom stereocenters. The average Bonchev–Trinajstić information content (AvgIpc) is 2.93. The lowest BCUT2D eigenvalue weighted by Gasteiger charge is -2.43. The molecule has 2 saturated carbocycles. The predicted molar refractivity (Wildman–Crippen MR) is 88.9 cm³/mol. The number of benzene rings is 1. The maximum Gasteiger partial charge on any atom is 0.142 e. The first-order valence-corrected chi connectivity index (χ1v) is 8.46. The monoisotopic (exact) mass is 287 g/mol. The molecule has 2 aliphatic carbocycles. The smallest absolute Gasteiger partial charge is 0.142 e. The average molecular weight is 287 g/mol. The van der Waals surface area contributed by atoms with Crippen LogP contribution in [0.5, 0.6) is 5.75 Å². The molecular weight excluding hydrogens is 258 g/mol. The lowest BCUT2D eigenvalue weighted by molar-refractivity contribution is 0.155. The summed E-state index contributed by atoms with van der Waals surface area (Å²) < 4.78 is 5.92. The maximum absolute atomic E-state index is 5.92. The maximum atomic E-state index is 5.92. The third-order valence-electron chi connectivity index (χ3n) is 5.92. The predicted octanol–water partition coefficient (Wildman–Crippen LogP) is 5.10. The third kappa shape index (κ3) is 2.43. The zero-order chi connectivity index (χ0) is 15.1. The molecular formula is C19H29NO. The number of nitrogens with one attached hydrogen (secondary N) is 1. The fraction of sp³-hybridized carbons (Fsp3) is 0.684. The summed E-state index contributed by atoms with van der Waals surface area (Å²) >= 11 is 0. The van der Waals surface area contributed by atoms with Crippen LogP contribution in [-0.2, 0) is 0 Å². The summed E-state index contributed by atoms with van der Waals surface area (Å²) in [6.45, 7) is 10.3. The van der Waals surface area contributed by atoms with Crippen molar-refractivity contribution in [3.8, 4) is 5.75 Å². The van der Waals surface area contributed by atoms with Crippen molar-refractivity contribution in [3.05, 3.63) is 24.3 Å². The minimum Gasteiger partial charge on any atom is -0.491 e. The first kappa shape index (κ1) is 14.7. The van der Waals surface area contributed by atoms with Crippen molar-refractivity contribution >= 4 is 5.69 Å². The van der Waals surface area contributed by atoms with Crippen molar-refractivity contribution < 1.29 is 4.74 Å². The Morgan fingerprint density at radius 2 is 2.00 bits per heavy atom. The highest BCUT2D eigenvalue weighted by Gasteiger charge is 2.59. The van der Waals surface area contributed by atoms with Crippen LogP contribution < -0.4 is 10.1 Å². The Balaban J connectivity index is 1.83. The van der Waals surface area contributed by atoms with Gasteiger partial charge in [-0.1, -0.05) is 39.8 Å². The molecule has 2 bridgehead atoms. The van der Waals surface area contributed by atoms with E-state index in [1.54, 1.807) is 0 Å². The van der Waals surface area contributed by atoms with E-state index in [0.29, 0.717) is 16.9 Å². The lowest BCUT2D eigenvalue weighted by Crippen LogP contribution is -2.45. The molecule has 2 fully saturated rings. The molecule has 2 nitrogen and oxygen atoms in total. The topological polar surface area (TPSA) is 21.3 Å². The molecule has 0 amide bonds. The quantitative estimate of drug-likeness (QED) is 0.813. The van der Waals surface area contributed by atoms with Crippen LogP contribution in [0.2, 0.25) is 0 Å². The second-order valence-corrected chi connectivity index (χ2v) is 7.84. The van der Waals surface area contributed by atoms with E-state index in [1.807, 2.05) is 0 Å². The number of ether oxygens (including phenoxy) is 1. The van der Waals surface area contributed by atoms with Gasteiger partial charge in [0.25, 0.3) is 0 Å². The van der Waals surface area contributed by atoms with Gasteiger partial charge in [-0.25, -0.2) is 0 Å². The molecule has 1 N–H and O–H groups in total. The van der Waals surface area contributed by atoms with Crippen LogP contribution in [0.25, 0.3) is 0 Å². The molecule has 0 saturated heterocycles. The Morgan fingerprint density at radius 3 is 2.67 bits per heavy atom. The lowest BCUT2D eigenvalue weighted by atomic mass is 9.68. The van der Waals surface area contributed by atoms with E-state index in [1.165, 1.54) is 19.3 Å². The van der Waals surface area contributed by atoms with Crippen molar-refractivity contribution in [2.75, 3.05) is 11.9 Å². The number of hydrogen-bond donors (Lipinski definition) is 1. The van der Waals surface area contributed by atoms with Crippen molar-refractivity contribution in [3.63, 3.8) is 0 Å². The van der Waals surface area contributed by atoms with Crippen LogP contribution in [0.1, 0.15) is 53.4 Å². The van der Waals surface area contributed by atoms with E-state index in [0.717, 1.165) is 30.4 Å². The molecule has 0 heterocycles. The van der Waals surface area contributed by atoms with Crippen LogP contribution in [0.3, 0.4) is 0 Å². The van der Waals surface area contributed by atoms with E-state index in [2.05, 4.69) is 57.3 Å². The van der Waals surface area contributed by atoms with Gasteiger partial charge in [-0.2, -0.15) is 0 Å². The van der Waals surface area contributed by atoms with E-state index >= 15 is 0 Å². The number of hydrogen-bond acceptors (Lipinski definition) is 2. The second kappa shape index (κ2) is 5.23. The Morgan fingerprint density at radius 1 is 1.24 bits per heavy atom. The van der Waals surface area contributed by atoms with Gasteiger partial charge in [-0.15, -0.1) is 0 Å². The van der Waals surface area contributed by atoms with Crippen molar-refractivity contribution in [1.29, 1.82) is 0 Å². The van der Waals surface area contributed by atoms with Gasteiger partial charge in [0, 0.05) is 6.04 Å². The summed E-state index contributed by atoms with van der Waals surface area (Å²) in [5.74, 6) is 1.87. The van der Waals surface area contributed by atoms with Crippen molar-refractivity contribution in [2.45, 2.75) is 59.4 Å². The van der Waals surface area contributed by atoms with Gasteiger partial charge in [0.15, 0.2) is 0 Å². The second-order valence-electron chi connectivity index (χ2n) is 7.84. The molecule has 2 heteroatoms. The van der Waals surface area contributed by atoms with Gasteiger partial charge < -0.3 is 10.1 Å². The molecule has 21 heavy (non-hydrogen) atoms. The molecule has 1 aromatic rings. The number of fused-ring (bicyclic) bond motifs is 2. The van der Waals surface area contributed by atoms with Gasteiger partial charge in [-0.05, 0) is 54.6 Å². The summed E-state index contributed by atoms with van der Waals surface area (Å²) in [5, 5.41) is 3.86. The van der Waals surface area contributed by atoms with Gasteiger partial charge >= 0.3 is 0 Å². The van der Waals surface area contributed by atoms with Gasteiger partial charge in [0.2, 0.25) is 0 Å². The summed E-state index contributed by atoms with van der Waals surface area (Å²) in [4.78, 5) is 0.